The van der Waals surface area contributed by atoms with Crippen LogP contribution in [0.1, 0.15) is 42.6 Å². The van der Waals surface area contributed by atoms with Gasteiger partial charge in [-0.3, -0.25) is 9.97 Å². The van der Waals surface area contributed by atoms with E-state index in [1.165, 1.54) is 12.7 Å². The maximum atomic E-state index is 9.51. The Morgan fingerprint density at radius 1 is 0.593 bits per heavy atom. The van der Waals surface area contributed by atoms with E-state index in [1.54, 1.807) is 31.1 Å². The standard InChI is InChI=1S/C22H16N8.C21H16ClN7/c1-13(29-22-20-21(26-11-25-20)27-12-28-22)16-9-14-5-4-6-15(10-23)18(14)30-19(16)17-7-2-3-8-24-17;1-12(28-21-19-20(25-10-24-19)26-11-27-21)14-9-13-5-4-6-15(22)17(13)29-18(14)16-7-2-3-8-23-16/h2-9,11-13H,1H3,(H2,25,26,27,28,29);2-12H,1H3,(H2,24,25,26,27,28)/t13-;12-/m00/s1. The minimum absolute atomic E-state index is 0.107. The van der Waals surface area contributed by atoms with Crippen LogP contribution in [0, 0.1) is 11.3 Å². The number of imidazole rings is 2. The lowest BCUT2D eigenvalue weighted by Gasteiger charge is -2.19. The van der Waals surface area contributed by atoms with Gasteiger partial charge in [-0.15, -0.1) is 0 Å². The third kappa shape index (κ3) is 7.27. The predicted octanol–water partition coefficient (Wildman–Crippen LogP) is 8.80. The molecule has 0 aliphatic rings. The van der Waals surface area contributed by atoms with Gasteiger partial charge in [0.1, 0.15) is 29.8 Å². The van der Waals surface area contributed by atoms with Crippen LogP contribution in [0.15, 0.2) is 123 Å². The molecule has 286 valence electrons. The second-order valence-electron chi connectivity index (χ2n) is 13.5. The van der Waals surface area contributed by atoms with Gasteiger partial charge in [-0.1, -0.05) is 48.0 Å². The zero-order valence-electron chi connectivity index (χ0n) is 31.5. The maximum Gasteiger partial charge on any atom is 0.182 e. The summed E-state index contributed by atoms with van der Waals surface area (Å²) in [5.41, 5.74) is 9.62. The number of benzene rings is 2. The Morgan fingerprint density at radius 2 is 1.12 bits per heavy atom. The van der Waals surface area contributed by atoms with Gasteiger partial charge in [0.2, 0.25) is 0 Å². The average molecular weight is 794 g/mol. The number of hydrogen-bond acceptors (Lipinski definition) is 13. The molecule has 2 atom stereocenters. The molecule has 16 heteroatoms. The topological polar surface area (TPSA) is 208 Å². The van der Waals surface area contributed by atoms with Gasteiger partial charge in [0.05, 0.1) is 69.1 Å². The molecular formula is C43H32ClN15. The van der Waals surface area contributed by atoms with E-state index in [9.17, 15) is 5.26 Å². The number of para-hydroxylation sites is 2. The summed E-state index contributed by atoms with van der Waals surface area (Å²) in [6, 6.07) is 29.0. The SMILES string of the molecule is C[C@H](Nc1ncnc2nc[nH]c12)c1cc2cccc(C#N)c2nc1-c1ccccn1.C[C@H](Nc1ncnc2nc[nH]c12)c1cc2cccc(Cl)c2nc1-c1ccccn1. The van der Waals surface area contributed by atoms with Gasteiger partial charge >= 0.3 is 0 Å². The second-order valence-corrected chi connectivity index (χ2v) is 13.9. The van der Waals surface area contributed by atoms with Crippen LogP contribution in [-0.2, 0) is 0 Å². The van der Waals surface area contributed by atoms with E-state index in [0.717, 1.165) is 61.2 Å². The van der Waals surface area contributed by atoms with Crippen LogP contribution in [-0.4, -0.2) is 59.8 Å². The number of aromatic amines is 2. The molecule has 0 aliphatic heterocycles. The largest absolute Gasteiger partial charge is 0.362 e. The zero-order valence-corrected chi connectivity index (χ0v) is 32.3. The molecule has 0 saturated carbocycles. The highest BCUT2D eigenvalue weighted by atomic mass is 35.5. The van der Waals surface area contributed by atoms with E-state index in [1.807, 2.05) is 73.7 Å². The third-order valence-electron chi connectivity index (χ3n) is 9.72. The number of rotatable bonds is 8. The number of nitriles is 1. The van der Waals surface area contributed by atoms with Crippen LogP contribution in [0.2, 0.25) is 5.02 Å². The molecule has 0 spiro atoms. The Kier molecular flexibility index (Phi) is 9.87. The van der Waals surface area contributed by atoms with Crippen LogP contribution >= 0.6 is 11.6 Å². The Labute approximate surface area is 341 Å². The highest BCUT2D eigenvalue weighted by Crippen LogP contribution is 2.34. The van der Waals surface area contributed by atoms with E-state index in [-0.39, 0.29) is 12.1 Å². The van der Waals surface area contributed by atoms with Crippen LogP contribution in [0.25, 0.3) is 66.9 Å². The monoisotopic (exact) mass is 793 g/mol. The number of anilines is 2. The highest BCUT2D eigenvalue weighted by Gasteiger charge is 2.21. The van der Waals surface area contributed by atoms with Crippen molar-refractivity contribution in [3.05, 3.63) is 144 Å². The summed E-state index contributed by atoms with van der Waals surface area (Å²) in [6.07, 6.45) is 9.67. The molecule has 2 aromatic carbocycles. The molecule has 15 nitrogen and oxygen atoms in total. The first-order valence-corrected chi connectivity index (χ1v) is 18.9. The van der Waals surface area contributed by atoms with Crippen molar-refractivity contribution in [2.75, 3.05) is 10.6 Å². The number of nitrogens with one attached hydrogen (secondary N) is 4. The molecule has 0 fully saturated rings. The molecule has 0 amide bonds. The lowest BCUT2D eigenvalue weighted by atomic mass is 9.99. The predicted molar refractivity (Wildman–Crippen MR) is 227 cm³/mol. The first-order valence-electron chi connectivity index (χ1n) is 18.5. The first-order chi connectivity index (χ1) is 28.9. The molecule has 0 bridgehead atoms. The molecule has 4 N–H and O–H groups in total. The molecule has 59 heavy (non-hydrogen) atoms. The van der Waals surface area contributed by atoms with E-state index in [0.29, 0.717) is 39.0 Å². The summed E-state index contributed by atoms with van der Waals surface area (Å²) in [5.74, 6) is 1.33. The van der Waals surface area contributed by atoms with Crippen molar-refractivity contribution in [2.24, 2.45) is 0 Å². The average Bonchev–Trinajstić information content (AvgIpc) is 3.98. The van der Waals surface area contributed by atoms with Crippen molar-refractivity contribution < 1.29 is 0 Å². The van der Waals surface area contributed by atoms with Gasteiger partial charge < -0.3 is 20.6 Å². The van der Waals surface area contributed by atoms with E-state index in [2.05, 4.69) is 85.6 Å². The van der Waals surface area contributed by atoms with Gasteiger partial charge in [-0.05, 0) is 62.4 Å². The Hall–Kier alpha value is -7.96. The van der Waals surface area contributed by atoms with Crippen LogP contribution < -0.4 is 10.6 Å². The normalized spacial score (nSPS) is 12.2. The van der Waals surface area contributed by atoms with Gasteiger partial charge in [-0.2, -0.15) is 5.26 Å². The first kappa shape index (κ1) is 36.7. The summed E-state index contributed by atoms with van der Waals surface area (Å²) < 4.78 is 0. The number of H-pyrrole nitrogens is 2. The van der Waals surface area contributed by atoms with E-state index < -0.39 is 0 Å². The molecule has 0 aliphatic carbocycles. The van der Waals surface area contributed by atoms with Gasteiger partial charge in [0, 0.05) is 34.3 Å². The lowest BCUT2D eigenvalue weighted by Crippen LogP contribution is -2.11. The summed E-state index contributed by atoms with van der Waals surface area (Å²) in [4.78, 5) is 50.3. The Bertz CT molecular complexity index is 3140. The molecule has 0 unspecified atom stereocenters. The number of fused-ring (bicyclic) bond motifs is 4. The fourth-order valence-electron chi connectivity index (χ4n) is 6.87. The van der Waals surface area contributed by atoms with E-state index in [4.69, 9.17) is 21.6 Å². The molecule has 8 aromatic heterocycles. The van der Waals surface area contributed by atoms with E-state index >= 15 is 0 Å². The van der Waals surface area contributed by atoms with Crippen LogP contribution in [0.3, 0.4) is 0 Å². The van der Waals surface area contributed by atoms with Gasteiger partial charge in [-0.25, -0.2) is 39.9 Å². The smallest absolute Gasteiger partial charge is 0.182 e. The quantitative estimate of drug-likeness (QED) is 0.114. The van der Waals surface area contributed by atoms with Crippen molar-refractivity contribution >= 4 is 67.4 Å². The summed E-state index contributed by atoms with van der Waals surface area (Å²) in [6.45, 7) is 4.10. The van der Waals surface area contributed by atoms with Crippen LogP contribution in [0.5, 0.6) is 0 Å². The second kappa shape index (κ2) is 15.9. The van der Waals surface area contributed by atoms with Crippen molar-refractivity contribution in [2.45, 2.75) is 25.9 Å². The number of pyridine rings is 4. The summed E-state index contributed by atoms with van der Waals surface area (Å²) >= 11 is 6.40. The van der Waals surface area contributed by atoms with Crippen molar-refractivity contribution in [1.82, 2.24) is 59.8 Å². The molecule has 8 heterocycles. The fraction of sp³-hybridized carbons (Fsp3) is 0.0930. The lowest BCUT2D eigenvalue weighted by molar-refractivity contribution is 0.872. The fourth-order valence-corrected chi connectivity index (χ4v) is 7.10. The highest BCUT2D eigenvalue weighted by molar-refractivity contribution is 6.35. The van der Waals surface area contributed by atoms with Crippen molar-refractivity contribution in [3.63, 3.8) is 0 Å². The molecular weight excluding hydrogens is 762 g/mol. The zero-order chi connectivity index (χ0) is 40.3. The third-order valence-corrected chi connectivity index (χ3v) is 10.0. The Balaban J connectivity index is 0.000000152. The Morgan fingerprint density at radius 3 is 1.64 bits per heavy atom. The number of hydrogen-bond donors (Lipinski definition) is 4. The van der Waals surface area contributed by atoms with Gasteiger partial charge in [0.15, 0.2) is 22.9 Å². The van der Waals surface area contributed by atoms with Crippen molar-refractivity contribution in [3.8, 4) is 28.8 Å². The number of aromatic nitrogens is 12. The number of nitrogens with zero attached hydrogens (tertiary/aromatic N) is 11. The minimum atomic E-state index is -0.147. The number of halogens is 1. The molecule has 10 rings (SSSR count). The molecule has 0 saturated heterocycles. The van der Waals surface area contributed by atoms with Gasteiger partial charge in [0.25, 0.3) is 0 Å². The minimum Gasteiger partial charge on any atom is -0.362 e. The van der Waals surface area contributed by atoms with Crippen molar-refractivity contribution in [1.29, 1.82) is 5.26 Å². The molecule has 10 aromatic rings. The van der Waals surface area contributed by atoms with Crippen LogP contribution in [0.4, 0.5) is 11.6 Å². The summed E-state index contributed by atoms with van der Waals surface area (Å²) in [7, 11) is 0. The summed E-state index contributed by atoms with van der Waals surface area (Å²) in [5, 5.41) is 18.9. The maximum absolute atomic E-state index is 9.51. The molecule has 0 radical (unpaired) electrons.